The van der Waals surface area contributed by atoms with E-state index < -0.39 is 24.1 Å². The number of carbonyl (C=O) groups is 1. The fourth-order valence-electron chi connectivity index (χ4n) is 5.29. The van der Waals surface area contributed by atoms with E-state index in [4.69, 9.17) is 0 Å². The van der Waals surface area contributed by atoms with Gasteiger partial charge in [0.05, 0.1) is 5.92 Å². The summed E-state index contributed by atoms with van der Waals surface area (Å²) < 4.78 is 41.8. The summed E-state index contributed by atoms with van der Waals surface area (Å²) in [6, 6.07) is 12.6. The standard InChI is InChI=1S/C31H42F3NO2/c1-20(2)15-27(29(36)37)26-17-24(22-9-7-21(3)8-10-22)16-25(18-26)23-11-12-28(31(32,33)34)35(19-23)14-13-30(4,5)6/h7-10,16-18,20,23,27-28H,11-15,19H2,1-6H3,(H,36,37). The number of benzene rings is 2. The summed E-state index contributed by atoms with van der Waals surface area (Å²) in [7, 11) is 0. The minimum atomic E-state index is -4.26. The number of piperidine rings is 1. The highest BCUT2D eigenvalue weighted by atomic mass is 19.4. The Balaban J connectivity index is 2.03. The maximum Gasteiger partial charge on any atom is 0.404 e. The monoisotopic (exact) mass is 517 g/mol. The Labute approximate surface area is 220 Å². The summed E-state index contributed by atoms with van der Waals surface area (Å²) in [6.07, 6.45) is -2.60. The van der Waals surface area contributed by atoms with Gasteiger partial charge in [-0.3, -0.25) is 9.69 Å². The highest BCUT2D eigenvalue weighted by molar-refractivity contribution is 5.77. The van der Waals surface area contributed by atoms with Gasteiger partial charge in [-0.25, -0.2) is 0 Å². The lowest BCUT2D eigenvalue weighted by atomic mass is 9.81. The highest BCUT2D eigenvalue weighted by Crippen LogP contribution is 2.40. The van der Waals surface area contributed by atoms with Crippen LogP contribution < -0.4 is 0 Å². The molecule has 204 valence electrons. The summed E-state index contributed by atoms with van der Waals surface area (Å²) in [5, 5.41) is 10.1. The Morgan fingerprint density at radius 1 is 1.03 bits per heavy atom. The van der Waals surface area contributed by atoms with E-state index in [0.717, 1.165) is 27.8 Å². The van der Waals surface area contributed by atoms with Gasteiger partial charge >= 0.3 is 12.1 Å². The van der Waals surface area contributed by atoms with Crippen LogP contribution in [0.25, 0.3) is 11.1 Å². The van der Waals surface area contributed by atoms with Crippen LogP contribution in [-0.2, 0) is 4.79 Å². The lowest BCUT2D eigenvalue weighted by Gasteiger charge is -2.41. The van der Waals surface area contributed by atoms with Crippen molar-refractivity contribution in [3.05, 3.63) is 59.2 Å². The predicted molar refractivity (Wildman–Crippen MR) is 144 cm³/mol. The number of aliphatic carboxylic acids is 1. The Kier molecular flexibility index (Phi) is 9.15. The maximum absolute atomic E-state index is 13.9. The highest BCUT2D eigenvalue weighted by Gasteiger charge is 2.46. The topological polar surface area (TPSA) is 40.5 Å². The first-order valence-corrected chi connectivity index (χ1v) is 13.4. The molecule has 6 heteroatoms. The lowest BCUT2D eigenvalue weighted by Crippen LogP contribution is -2.51. The van der Waals surface area contributed by atoms with Gasteiger partial charge in [-0.15, -0.1) is 0 Å². The normalized spacial score (nSPS) is 20.3. The number of likely N-dealkylation sites (tertiary alicyclic amines) is 1. The van der Waals surface area contributed by atoms with E-state index in [1.807, 2.05) is 57.2 Å². The number of rotatable bonds is 8. The molecule has 0 amide bonds. The van der Waals surface area contributed by atoms with Crippen molar-refractivity contribution in [2.24, 2.45) is 11.3 Å². The molecule has 1 aliphatic heterocycles. The van der Waals surface area contributed by atoms with Crippen LogP contribution in [-0.4, -0.2) is 41.3 Å². The van der Waals surface area contributed by atoms with Crippen LogP contribution in [0.4, 0.5) is 13.2 Å². The summed E-state index contributed by atoms with van der Waals surface area (Å²) in [5.41, 5.74) is 4.63. The van der Waals surface area contributed by atoms with E-state index in [9.17, 15) is 23.1 Å². The first-order chi connectivity index (χ1) is 17.1. The number of aryl methyl sites for hydroxylation is 1. The van der Waals surface area contributed by atoms with Gasteiger partial charge < -0.3 is 5.11 Å². The van der Waals surface area contributed by atoms with Crippen LogP contribution in [0.1, 0.15) is 88.8 Å². The molecule has 0 aliphatic carbocycles. The molecule has 3 nitrogen and oxygen atoms in total. The lowest BCUT2D eigenvalue weighted by molar-refractivity contribution is -0.193. The molecule has 2 aromatic rings. The van der Waals surface area contributed by atoms with Crippen LogP contribution in [0.5, 0.6) is 0 Å². The van der Waals surface area contributed by atoms with Crippen LogP contribution >= 0.6 is 0 Å². The van der Waals surface area contributed by atoms with Crippen LogP contribution in [0.15, 0.2) is 42.5 Å². The van der Waals surface area contributed by atoms with Gasteiger partial charge in [-0.1, -0.05) is 82.6 Å². The second kappa shape index (κ2) is 11.6. The molecule has 37 heavy (non-hydrogen) atoms. The smallest absolute Gasteiger partial charge is 0.404 e. The zero-order valence-electron chi connectivity index (χ0n) is 23.0. The molecule has 0 radical (unpaired) electrons. The number of hydrogen-bond acceptors (Lipinski definition) is 2. The van der Waals surface area contributed by atoms with Crippen molar-refractivity contribution in [2.75, 3.05) is 13.1 Å². The van der Waals surface area contributed by atoms with Gasteiger partial charge in [-0.2, -0.15) is 13.2 Å². The van der Waals surface area contributed by atoms with E-state index >= 15 is 0 Å². The SMILES string of the molecule is Cc1ccc(-c2cc(C3CCC(C(F)(F)F)N(CCC(C)(C)C)C3)cc(C(CC(C)C)C(=O)O)c2)cc1. The Hall–Kier alpha value is -2.34. The third-order valence-electron chi connectivity index (χ3n) is 7.45. The third-order valence-corrected chi connectivity index (χ3v) is 7.45. The van der Waals surface area contributed by atoms with E-state index in [1.54, 1.807) is 4.90 Å². The Morgan fingerprint density at radius 3 is 2.22 bits per heavy atom. The fourth-order valence-corrected chi connectivity index (χ4v) is 5.29. The number of alkyl halides is 3. The van der Waals surface area contributed by atoms with E-state index in [1.165, 1.54) is 0 Å². The first kappa shape index (κ1) is 29.2. The molecule has 1 N–H and O–H groups in total. The van der Waals surface area contributed by atoms with Crippen LogP contribution in [0.3, 0.4) is 0 Å². The minimum Gasteiger partial charge on any atom is -0.481 e. The van der Waals surface area contributed by atoms with Crippen LogP contribution in [0, 0.1) is 18.3 Å². The molecule has 3 atom stereocenters. The minimum absolute atomic E-state index is 0.0523. The predicted octanol–water partition coefficient (Wildman–Crippen LogP) is 8.42. The molecule has 0 aromatic heterocycles. The molecule has 1 saturated heterocycles. The maximum atomic E-state index is 13.9. The number of carboxylic acid groups (broad SMARTS) is 1. The molecule has 0 spiro atoms. The second-order valence-corrected chi connectivity index (χ2v) is 12.4. The Morgan fingerprint density at radius 2 is 1.68 bits per heavy atom. The molecular weight excluding hydrogens is 475 g/mol. The van der Waals surface area contributed by atoms with Crippen molar-refractivity contribution in [1.29, 1.82) is 0 Å². The average molecular weight is 518 g/mol. The molecule has 3 unspecified atom stereocenters. The van der Waals surface area contributed by atoms with Crippen molar-refractivity contribution >= 4 is 5.97 Å². The molecule has 0 bridgehead atoms. The molecule has 1 fully saturated rings. The molecule has 2 aromatic carbocycles. The van der Waals surface area contributed by atoms with Gasteiger partial charge in [0.1, 0.15) is 6.04 Å². The van der Waals surface area contributed by atoms with Gasteiger partial charge in [-0.05, 0) is 78.7 Å². The molecule has 3 rings (SSSR count). The van der Waals surface area contributed by atoms with Crippen molar-refractivity contribution in [2.45, 2.75) is 91.3 Å². The van der Waals surface area contributed by atoms with Crippen molar-refractivity contribution in [3.63, 3.8) is 0 Å². The van der Waals surface area contributed by atoms with Crippen molar-refractivity contribution in [3.8, 4) is 11.1 Å². The fraction of sp³-hybridized carbons (Fsp3) is 0.581. The molecule has 1 aliphatic rings. The molecule has 0 saturated carbocycles. The van der Waals surface area contributed by atoms with Gasteiger partial charge in [0.25, 0.3) is 0 Å². The third kappa shape index (κ3) is 8.07. The number of hydrogen-bond donors (Lipinski definition) is 1. The van der Waals surface area contributed by atoms with E-state index in [0.29, 0.717) is 32.4 Å². The summed E-state index contributed by atoms with van der Waals surface area (Å²) in [4.78, 5) is 13.9. The Bertz CT molecular complexity index is 1050. The number of halogens is 3. The number of nitrogens with zero attached hydrogens (tertiary/aromatic N) is 1. The van der Waals surface area contributed by atoms with Crippen LogP contribution in [0.2, 0.25) is 0 Å². The van der Waals surface area contributed by atoms with Crippen molar-refractivity contribution in [1.82, 2.24) is 4.90 Å². The summed E-state index contributed by atoms with van der Waals surface area (Å²) >= 11 is 0. The summed E-state index contributed by atoms with van der Waals surface area (Å²) in [5.74, 6) is -1.42. The van der Waals surface area contributed by atoms with Gasteiger partial charge in [0, 0.05) is 6.54 Å². The zero-order chi connectivity index (χ0) is 27.5. The first-order valence-electron chi connectivity index (χ1n) is 13.4. The molecule has 1 heterocycles. The average Bonchev–Trinajstić information content (AvgIpc) is 2.80. The quantitative estimate of drug-likeness (QED) is 0.382. The zero-order valence-corrected chi connectivity index (χ0v) is 23.0. The van der Waals surface area contributed by atoms with Gasteiger partial charge in [0.15, 0.2) is 0 Å². The molecular formula is C31H42F3NO2. The second-order valence-electron chi connectivity index (χ2n) is 12.4. The summed E-state index contributed by atoms with van der Waals surface area (Å²) in [6.45, 7) is 12.9. The van der Waals surface area contributed by atoms with Crippen molar-refractivity contribution < 1.29 is 23.1 Å². The number of carboxylic acids is 1. The largest absolute Gasteiger partial charge is 0.481 e. The van der Waals surface area contributed by atoms with E-state index in [-0.39, 0.29) is 23.7 Å². The van der Waals surface area contributed by atoms with Gasteiger partial charge in [0.2, 0.25) is 0 Å². The van der Waals surface area contributed by atoms with E-state index in [2.05, 4.69) is 26.8 Å².